The first-order valence-electron chi connectivity index (χ1n) is 10.9. The highest BCUT2D eigenvalue weighted by Crippen LogP contribution is 2.33. The SMILES string of the molecule is CC(=O)N1CCC(c2ccc(NC(=O)C3=NC(C#N)CN3)c(C3=CCCNC3)c2)CC1. The predicted molar refractivity (Wildman–Crippen MR) is 120 cm³/mol. The Bertz CT molecular complexity index is 969. The van der Waals surface area contributed by atoms with E-state index < -0.39 is 6.04 Å². The smallest absolute Gasteiger partial charge is 0.290 e. The first-order valence-corrected chi connectivity index (χ1v) is 10.9. The number of hydrogen-bond acceptors (Lipinski definition) is 6. The molecule has 3 aliphatic rings. The molecule has 1 saturated heterocycles. The van der Waals surface area contributed by atoms with E-state index in [1.807, 2.05) is 11.0 Å². The van der Waals surface area contributed by atoms with Crippen LogP contribution < -0.4 is 16.0 Å². The van der Waals surface area contributed by atoms with E-state index in [0.717, 1.165) is 56.7 Å². The number of likely N-dealkylation sites (tertiary alicyclic amines) is 1. The molecule has 0 aromatic heterocycles. The zero-order valence-electron chi connectivity index (χ0n) is 17.8. The zero-order valence-corrected chi connectivity index (χ0v) is 17.8. The first-order chi connectivity index (χ1) is 15.0. The number of nitriles is 1. The first kappa shape index (κ1) is 21.1. The number of nitrogens with zero attached hydrogens (tertiary/aromatic N) is 3. The van der Waals surface area contributed by atoms with Gasteiger partial charge in [-0.15, -0.1) is 0 Å². The van der Waals surface area contributed by atoms with Gasteiger partial charge in [-0.1, -0.05) is 12.1 Å². The summed E-state index contributed by atoms with van der Waals surface area (Å²) in [5.74, 6) is 0.408. The number of carbonyl (C=O) groups is 2. The molecule has 1 aromatic rings. The molecule has 0 saturated carbocycles. The summed E-state index contributed by atoms with van der Waals surface area (Å²) in [5, 5.41) is 18.3. The Kier molecular flexibility index (Phi) is 6.33. The maximum Gasteiger partial charge on any atom is 0.290 e. The number of anilines is 1. The van der Waals surface area contributed by atoms with Gasteiger partial charge in [-0.25, -0.2) is 4.99 Å². The van der Waals surface area contributed by atoms with Crippen LogP contribution in [0.2, 0.25) is 0 Å². The highest BCUT2D eigenvalue weighted by Gasteiger charge is 2.25. The molecule has 4 rings (SSSR count). The normalized spacial score (nSPS) is 21.5. The van der Waals surface area contributed by atoms with Crippen molar-refractivity contribution in [2.75, 3.05) is 38.0 Å². The van der Waals surface area contributed by atoms with Crippen molar-refractivity contribution < 1.29 is 9.59 Å². The Morgan fingerprint density at radius 1 is 1.29 bits per heavy atom. The van der Waals surface area contributed by atoms with Crippen molar-refractivity contribution >= 4 is 28.9 Å². The molecule has 1 fully saturated rings. The van der Waals surface area contributed by atoms with Crippen LogP contribution in [0.15, 0.2) is 29.3 Å². The van der Waals surface area contributed by atoms with Gasteiger partial charge in [0.2, 0.25) is 5.91 Å². The average Bonchev–Trinajstić information content (AvgIpc) is 3.29. The summed E-state index contributed by atoms with van der Waals surface area (Å²) >= 11 is 0. The zero-order chi connectivity index (χ0) is 21.8. The van der Waals surface area contributed by atoms with Gasteiger partial charge in [0, 0.05) is 37.8 Å². The van der Waals surface area contributed by atoms with Crippen LogP contribution in [0.1, 0.15) is 43.2 Å². The Balaban J connectivity index is 1.57. The number of rotatable bonds is 4. The molecule has 3 N–H and O–H groups in total. The monoisotopic (exact) mass is 420 g/mol. The predicted octanol–water partition coefficient (Wildman–Crippen LogP) is 1.62. The lowest BCUT2D eigenvalue weighted by atomic mass is 9.86. The molecule has 1 aromatic carbocycles. The molecular weight excluding hydrogens is 392 g/mol. The Morgan fingerprint density at radius 2 is 2.10 bits per heavy atom. The van der Waals surface area contributed by atoms with E-state index in [4.69, 9.17) is 5.26 Å². The Labute approximate surface area is 182 Å². The van der Waals surface area contributed by atoms with Crippen LogP contribution in [-0.2, 0) is 9.59 Å². The molecule has 0 aliphatic carbocycles. The minimum absolute atomic E-state index is 0.137. The van der Waals surface area contributed by atoms with Gasteiger partial charge in [0.05, 0.1) is 12.6 Å². The fraction of sp³-hybridized carbons (Fsp3) is 0.478. The topological polar surface area (TPSA) is 110 Å². The van der Waals surface area contributed by atoms with Crippen molar-refractivity contribution in [1.29, 1.82) is 5.26 Å². The largest absolute Gasteiger partial charge is 0.362 e. The van der Waals surface area contributed by atoms with Gasteiger partial charge < -0.3 is 20.9 Å². The number of piperidine rings is 1. The minimum Gasteiger partial charge on any atom is -0.362 e. The molecule has 2 amide bonds. The van der Waals surface area contributed by atoms with Gasteiger partial charge in [0.25, 0.3) is 5.91 Å². The highest BCUT2D eigenvalue weighted by molar-refractivity contribution is 6.42. The maximum atomic E-state index is 12.7. The fourth-order valence-corrected chi connectivity index (χ4v) is 4.40. The van der Waals surface area contributed by atoms with E-state index >= 15 is 0 Å². The van der Waals surface area contributed by atoms with Crippen molar-refractivity contribution in [3.8, 4) is 6.07 Å². The minimum atomic E-state index is -0.520. The van der Waals surface area contributed by atoms with Crippen LogP contribution in [0, 0.1) is 11.3 Å². The van der Waals surface area contributed by atoms with E-state index in [2.05, 4.69) is 45.2 Å². The standard InChI is InChI=1S/C23H28N6O2/c1-15(30)29-9-6-16(7-10-29)17-4-5-21(20(11-17)18-3-2-8-25-13-18)28-23(31)22-26-14-19(12-24)27-22/h3-5,11,16,19,25H,2,6-10,13-14H2,1H3,(H,26,27)(H,28,31). The van der Waals surface area contributed by atoms with Crippen LogP contribution in [-0.4, -0.2) is 61.3 Å². The third-order valence-corrected chi connectivity index (χ3v) is 6.19. The van der Waals surface area contributed by atoms with E-state index in [-0.39, 0.29) is 17.6 Å². The quantitative estimate of drug-likeness (QED) is 0.686. The Hall–Kier alpha value is -3.18. The van der Waals surface area contributed by atoms with Gasteiger partial charge in [-0.2, -0.15) is 5.26 Å². The van der Waals surface area contributed by atoms with E-state index in [9.17, 15) is 9.59 Å². The molecule has 31 heavy (non-hydrogen) atoms. The number of carbonyl (C=O) groups excluding carboxylic acids is 2. The van der Waals surface area contributed by atoms with Crippen molar-refractivity contribution in [1.82, 2.24) is 15.5 Å². The van der Waals surface area contributed by atoms with Gasteiger partial charge in [-0.05, 0) is 55.0 Å². The molecule has 8 nitrogen and oxygen atoms in total. The lowest BCUT2D eigenvalue weighted by molar-refractivity contribution is -0.129. The van der Waals surface area contributed by atoms with Crippen molar-refractivity contribution in [2.45, 2.75) is 38.1 Å². The van der Waals surface area contributed by atoms with Crippen molar-refractivity contribution in [3.63, 3.8) is 0 Å². The number of aliphatic imine (C=N–C) groups is 1. The lowest BCUT2D eigenvalue weighted by Gasteiger charge is -2.32. The van der Waals surface area contributed by atoms with Crippen LogP contribution >= 0.6 is 0 Å². The molecular formula is C23H28N6O2. The van der Waals surface area contributed by atoms with Crippen LogP contribution in [0.5, 0.6) is 0 Å². The highest BCUT2D eigenvalue weighted by atomic mass is 16.2. The second kappa shape index (κ2) is 9.31. The van der Waals surface area contributed by atoms with Gasteiger partial charge >= 0.3 is 0 Å². The second-order valence-corrected chi connectivity index (χ2v) is 8.24. The number of amidine groups is 1. The summed E-state index contributed by atoms with van der Waals surface area (Å²) in [6.45, 7) is 5.25. The molecule has 0 bridgehead atoms. The number of hydrogen-bond donors (Lipinski definition) is 3. The third-order valence-electron chi connectivity index (χ3n) is 6.19. The lowest BCUT2D eigenvalue weighted by Crippen LogP contribution is -2.36. The molecule has 8 heteroatoms. The third kappa shape index (κ3) is 4.78. The van der Waals surface area contributed by atoms with Gasteiger partial charge in [-0.3, -0.25) is 9.59 Å². The molecule has 0 spiro atoms. The molecule has 0 radical (unpaired) electrons. The molecule has 1 unspecified atom stereocenters. The summed E-state index contributed by atoms with van der Waals surface area (Å²) < 4.78 is 0. The molecule has 162 valence electrons. The summed E-state index contributed by atoms with van der Waals surface area (Å²) in [4.78, 5) is 30.4. The molecule has 1 atom stereocenters. The molecule has 3 aliphatic heterocycles. The van der Waals surface area contributed by atoms with Crippen molar-refractivity contribution in [2.24, 2.45) is 4.99 Å². The number of nitrogens with one attached hydrogen (secondary N) is 3. The number of benzene rings is 1. The van der Waals surface area contributed by atoms with Gasteiger partial charge in [0.15, 0.2) is 11.9 Å². The fourth-order valence-electron chi connectivity index (χ4n) is 4.40. The van der Waals surface area contributed by atoms with Crippen LogP contribution in [0.3, 0.4) is 0 Å². The van der Waals surface area contributed by atoms with E-state index in [0.29, 0.717) is 12.5 Å². The summed E-state index contributed by atoms with van der Waals surface area (Å²) in [6.07, 6.45) is 5.05. The second-order valence-electron chi connectivity index (χ2n) is 8.24. The maximum absolute atomic E-state index is 12.7. The van der Waals surface area contributed by atoms with Crippen LogP contribution in [0.4, 0.5) is 5.69 Å². The van der Waals surface area contributed by atoms with Gasteiger partial charge in [0.1, 0.15) is 0 Å². The number of amides is 2. The average molecular weight is 421 g/mol. The summed E-state index contributed by atoms with van der Waals surface area (Å²) in [6, 6.07) is 7.76. The van der Waals surface area contributed by atoms with E-state index in [1.165, 1.54) is 11.1 Å². The van der Waals surface area contributed by atoms with Crippen LogP contribution in [0.25, 0.3) is 5.57 Å². The summed E-state index contributed by atoms with van der Waals surface area (Å²) in [5.41, 5.74) is 4.17. The van der Waals surface area contributed by atoms with Crippen molar-refractivity contribution in [3.05, 3.63) is 35.4 Å². The summed E-state index contributed by atoms with van der Waals surface area (Å²) in [7, 11) is 0. The Morgan fingerprint density at radius 3 is 2.74 bits per heavy atom. The molecule has 3 heterocycles. The van der Waals surface area contributed by atoms with E-state index in [1.54, 1.807) is 6.92 Å².